The molecule has 0 amide bonds. The molecule has 0 aromatic heterocycles. The summed E-state index contributed by atoms with van der Waals surface area (Å²) < 4.78 is 18.8. The van der Waals surface area contributed by atoms with Crippen molar-refractivity contribution in [1.29, 1.82) is 0 Å². The van der Waals surface area contributed by atoms with Gasteiger partial charge in [-0.1, -0.05) is 51.7 Å². The molecule has 5 atom stereocenters. The van der Waals surface area contributed by atoms with E-state index in [4.69, 9.17) is 14.2 Å². The van der Waals surface area contributed by atoms with E-state index in [-0.39, 0.29) is 6.29 Å². The fourth-order valence-electron chi connectivity index (χ4n) is 5.64. The summed E-state index contributed by atoms with van der Waals surface area (Å²) in [5, 5.41) is 0. The van der Waals surface area contributed by atoms with Crippen molar-refractivity contribution in [3.05, 3.63) is 29.8 Å². The van der Waals surface area contributed by atoms with Crippen LogP contribution in [0.25, 0.3) is 0 Å². The van der Waals surface area contributed by atoms with E-state index in [0.29, 0.717) is 18.6 Å². The summed E-state index contributed by atoms with van der Waals surface area (Å²) in [5.41, 5.74) is 1.37. The van der Waals surface area contributed by atoms with Gasteiger partial charge in [0.1, 0.15) is 12.4 Å². The molecule has 0 aliphatic heterocycles. The van der Waals surface area contributed by atoms with Crippen LogP contribution in [0.4, 0.5) is 0 Å². The lowest BCUT2D eigenvalue weighted by Crippen LogP contribution is -2.32. The normalized spacial score (nSPS) is 29.1. The molecular formula is C26H40O3. The highest BCUT2D eigenvalue weighted by molar-refractivity contribution is 5.29. The monoisotopic (exact) mass is 400 g/mol. The highest BCUT2D eigenvalue weighted by atomic mass is 16.7. The van der Waals surface area contributed by atoms with Gasteiger partial charge < -0.3 is 14.2 Å². The van der Waals surface area contributed by atoms with Gasteiger partial charge in [0, 0.05) is 0 Å². The largest absolute Gasteiger partial charge is 0.462 e. The zero-order valence-corrected chi connectivity index (χ0v) is 18.5. The van der Waals surface area contributed by atoms with Gasteiger partial charge >= 0.3 is 0 Å². The molecule has 0 N–H and O–H groups in total. The minimum atomic E-state index is -0.300. The Hall–Kier alpha value is -1.06. The first-order valence-electron chi connectivity index (χ1n) is 12.2. The van der Waals surface area contributed by atoms with Gasteiger partial charge in [0.05, 0.1) is 12.7 Å². The smallest absolute Gasteiger partial charge is 0.223 e. The van der Waals surface area contributed by atoms with E-state index in [1.165, 1.54) is 63.4 Å². The van der Waals surface area contributed by atoms with Crippen molar-refractivity contribution < 1.29 is 14.2 Å². The van der Waals surface area contributed by atoms with E-state index in [9.17, 15) is 0 Å². The zero-order chi connectivity index (χ0) is 20.1. The van der Waals surface area contributed by atoms with Crippen LogP contribution in [-0.4, -0.2) is 25.6 Å². The van der Waals surface area contributed by atoms with Crippen LogP contribution in [0.5, 0.6) is 5.75 Å². The topological polar surface area (TPSA) is 27.7 Å². The lowest BCUT2D eigenvalue weighted by Gasteiger charge is -2.28. The Morgan fingerprint density at radius 1 is 0.966 bits per heavy atom. The molecule has 4 rings (SSSR count). The molecular weight excluding hydrogens is 360 g/mol. The summed E-state index contributed by atoms with van der Waals surface area (Å²) in [6.45, 7) is 5.87. The summed E-state index contributed by atoms with van der Waals surface area (Å²) in [6.07, 6.45) is 13.2. The summed E-state index contributed by atoms with van der Waals surface area (Å²) in [7, 11) is 0. The maximum atomic E-state index is 6.33. The van der Waals surface area contributed by atoms with Gasteiger partial charge in [-0.15, -0.1) is 0 Å². The molecule has 1 aromatic carbocycles. The first-order valence-corrected chi connectivity index (χ1v) is 12.2. The Labute approximate surface area is 177 Å². The predicted molar refractivity (Wildman–Crippen MR) is 117 cm³/mol. The first-order chi connectivity index (χ1) is 14.2. The number of ether oxygens (including phenoxy) is 3. The summed E-state index contributed by atoms with van der Waals surface area (Å²) in [6, 6.07) is 8.57. The molecule has 3 aliphatic rings. The zero-order valence-electron chi connectivity index (χ0n) is 18.5. The molecule has 3 saturated carbocycles. The van der Waals surface area contributed by atoms with Crippen LogP contribution < -0.4 is 4.74 Å². The van der Waals surface area contributed by atoms with Gasteiger partial charge in [-0.3, -0.25) is 0 Å². The number of hydrogen-bond donors (Lipinski definition) is 0. The average molecular weight is 401 g/mol. The Bertz CT molecular complexity index is 607. The second kappa shape index (κ2) is 10.3. The van der Waals surface area contributed by atoms with Gasteiger partial charge in [0.15, 0.2) is 0 Å². The van der Waals surface area contributed by atoms with E-state index in [1.807, 2.05) is 0 Å². The third-order valence-electron chi connectivity index (χ3n) is 7.73. The molecule has 3 fully saturated rings. The lowest BCUT2D eigenvalue weighted by molar-refractivity contribution is -0.147. The van der Waals surface area contributed by atoms with Gasteiger partial charge in [0.2, 0.25) is 6.29 Å². The number of rotatable bonds is 10. The van der Waals surface area contributed by atoms with Crippen molar-refractivity contribution in [3.63, 3.8) is 0 Å². The minimum absolute atomic E-state index is 0.300. The van der Waals surface area contributed by atoms with E-state index in [1.54, 1.807) is 0 Å². The number of hydrogen-bond acceptors (Lipinski definition) is 3. The Morgan fingerprint density at radius 2 is 1.76 bits per heavy atom. The second-order valence-electron chi connectivity index (χ2n) is 9.79. The van der Waals surface area contributed by atoms with Gasteiger partial charge in [0.25, 0.3) is 0 Å². The van der Waals surface area contributed by atoms with Crippen LogP contribution in [0.2, 0.25) is 0 Å². The third kappa shape index (κ3) is 5.76. The Morgan fingerprint density at radius 3 is 2.41 bits per heavy atom. The molecule has 29 heavy (non-hydrogen) atoms. The summed E-state index contributed by atoms with van der Waals surface area (Å²) >= 11 is 0. The molecule has 5 unspecified atom stereocenters. The molecule has 3 aliphatic carbocycles. The van der Waals surface area contributed by atoms with E-state index < -0.39 is 0 Å². The molecule has 3 heteroatoms. The Kier molecular flexibility index (Phi) is 7.53. The number of fused-ring (bicyclic) bond motifs is 2. The highest BCUT2D eigenvalue weighted by Gasteiger charge is 2.39. The molecule has 1 aromatic rings. The molecule has 3 nitrogen and oxygen atoms in total. The van der Waals surface area contributed by atoms with Crippen LogP contribution in [0.1, 0.15) is 89.5 Å². The fourth-order valence-corrected chi connectivity index (χ4v) is 5.64. The predicted octanol–water partition coefficient (Wildman–Crippen LogP) is 6.71. The van der Waals surface area contributed by atoms with Crippen molar-refractivity contribution in [2.75, 3.05) is 13.2 Å². The molecule has 2 bridgehead atoms. The minimum Gasteiger partial charge on any atom is -0.462 e. The van der Waals surface area contributed by atoms with Crippen LogP contribution in [0.15, 0.2) is 24.3 Å². The second-order valence-corrected chi connectivity index (χ2v) is 9.79. The van der Waals surface area contributed by atoms with Crippen LogP contribution >= 0.6 is 0 Å². The third-order valence-corrected chi connectivity index (χ3v) is 7.73. The Balaban J connectivity index is 1.32. The van der Waals surface area contributed by atoms with E-state index in [0.717, 1.165) is 36.5 Å². The molecule has 0 saturated heterocycles. The maximum Gasteiger partial charge on any atom is 0.223 e. The highest BCUT2D eigenvalue weighted by Crippen LogP contribution is 2.48. The van der Waals surface area contributed by atoms with Gasteiger partial charge in [-0.25, -0.2) is 0 Å². The van der Waals surface area contributed by atoms with Gasteiger partial charge in [-0.05, 0) is 79.9 Å². The quantitative estimate of drug-likeness (QED) is 0.409. The van der Waals surface area contributed by atoms with Crippen LogP contribution in [0.3, 0.4) is 0 Å². The SMILES string of the molecule is CCC(C)c1ccc(OC(COC2CCCCC2)OCC2CC3CCC2C3)cc1. The van der Waals surface area contributed by atoms with Crippen molar-refractivity contribution in [2.24, 2.45) is 17.8 Å². The molecule has 0 spiro atoms. The molecule has 0 radical (unpaired) electrons. The van der Waals surface area contributed by atoms with Gasteiger partial charge in [-0.2, -0.15) is 0 Å². The standard InChI is InChI=1S/C26H40O3/c1-3-19(2)21-11-13-25(14-12-21)29-26(18-27-24-7-5-4-6-8-24)28-17-23-16-20-9-10-22(23)15-20/h11-14,19-20,22-24,26H,3-10,15-18H2,1-2H3. The van der Waals surface area contributed by atoms with Crippen molar-refractivity contribution >= 4 is 0 Å². The van der Waals surface area contributed by atoms with Crippen molar-refractivity contribution in [3.8, 4) is 5.75 Å². The number of benzene rings is 1. The van der Waals surface area contributed by atoms with Crippen molar-refractivity contribution in [2.45, 2.75) is 96.4 Å². The van der Waals surface area contributed by atoms with E-state index >= 15 is 0 Å². The lowest BCUT2D eigenvalue weighted by atomic mass is 9.90. The van der Waals surface area contributed by atoms with Crippen LogP contribution in [-0.2, 0) is 9.47 Å². The summed E-state index contributed by atoms with van der Waals surface area (Å²) in [5.74, 6) is 4.04. The fraction of sp³-hybridized carbons (Fsp3) is 0.769. The van der Waals surface area contributed by atoms with E-state index in [2.05, 4.69) is 38.1 Å². The average Bonchev–Trinajstić information content (AvgIpc) is 3.40. The molecule has 162 valence electrons. The molecule has 0 heterocycles. The maximum absolute atomic E-state index is 6.33. The summed E-state index contributed by atoms with van der Waals surface area (Å²) in [4.78, 5) is 0. The van der Waals surface area contributed by atoms with Crippen LogP contribution in [0, 0.1) is 17.8 Å². The first kappa shape index (κ1) is 21.2. The van der Waals surface area contributed by atoms with Crippen molar-refractivity contribution in [1.82, 2.24) is 0 Å².